The van der Waals surface area contributed by atoms with E-state index in [9.17, 15) is 5.21 Å². The fraction of sp³-hybridized carbons (Fsp3) is 0.188. The first kappa shape index (κ1) is 16.5. The van der Waals surface area contributed by atoms with Crippen LogP contribution in [0.3, 0.4) is 0 Å². The van der Waals surface area contributed by atoms with Crippen molar-refractivity contribution in [1.82, 2.24) is 0 Å². The van der Waals surface area contributed by atoms with E-state index in [1.807, 2.05) is 6.92 Å². The first-order valence-corrected chi connectivity index (χ1v) is 7.18. The summed E-state index contributed by atoms with van der Waals surface area (Å²) in [4.78, 5) is 0. The molecule has 0 amide bonds. The van der Waals surface area contributed by atoms with Crippen LogP contribution in [-0.4, -0.2) is 25.1 Å². The number of hydrogen-bond donors (Lipinski definition) is 1. The summed E-state index contributed by atoms with van der Waals surface area (Å²) < 4.78 is 10.6. The molecule has 116 valence electrons. The molecular formula is C16H15Cl2NO3. The first-order valence-electron chi connectivity index (χ1n) is 6.43. The third kappa shape index (κ3) is 2.98. The SMILES string of the molecule is COc1cc(C)c(C(=NO)c2c(Cl)cccc2Cl)cc1OC. The number of oxime groups is 1. The monoisotopic (exact) mass is 339 g/mol. The molecule has 22 heavy (non-hydrogen) atoms. The van der Waals surface area contributed by atoms with Crippen LogP contribution < -0.4 is 9.47 Å². The van der Waals surface area contributed by atoms with Crippen LogP contribution in [0.1, 0.15) is 16.7 Å². The smallest absolute Gasteiger partial charge is 0.161 e. The van der Waals surface area contributed by atoms with Gasteiger partial charge in [-0.2, -0.15) is 0 Å². The van der Waals surface area contributed by atoms with E-state index < -0.39 is 0 Å². The molecule has 2 aromatic carbocycles. The van der Waals surface area contributed by atoms with Gasteiger partial charge in [0.15, 0.2) is 11.5 Å². The Kier molecular flexibility index (Phi) is 5.16. The molecule has 0 heterocycles. The van der Waals surface area contributed by atoms with Gasteiger partial charge in [0.25, 0.3) is 0 Å². The maximum atomic E-state index is 9.49. The summed E-state index contributed by atoms with van der Waals surface area (Å²) in [6.07, 6.45) is 0. The Morgan fingerprint density at radius 2 is 1.59 bits per heavy atom. The molecule has 0 fully saturated rings. The molecular weight excluding hydrogens is 325 g/mol. The van der Waals surface area contributed by atoms with Crippen LogP contribution in [0.5, 0.6) is 11.5 Å². The number of rotatable bonds is 4. The summed E-state index contributed by atoms with van der Waals surface area (Å²) in [6.45, 7) is 1.87. The molecule has 4 nitrogen and oxygen atoms in total. The van der Waals surface area contributed by atoms with Crippen molar-refractivity contribution in [3.05, 3.63) is 57.1 Å². The second kappa shape index (κ2) is 6.90. The molecule has 0 saturated heterocycles. The zero-order valence-electron chi connectivity index (χ0n) is 12.4. The van der Waals surface area contributed by atoms with Gasteiger partial charge in [-0.05, 0) is 36.8 Å². The van der Waals surface area contributed by atoms with E-state index in [0.717, 1.165) is 5.56 Å². The van der Waals surface area contributed by atoms with Crippen LogP contribution >= 0.6 is 23.2 Å². The van der Waals surface area contributed by atoms with Crippen LogP contribution in [0.25, 0.3) is 0 Å². The van der Waals surface area contributed by atoms with Crippen molar-refractivity contribution < 1.29 is 14.7 Å². The maximum absolute atomic E-state index is 9.49. The van der Waals surface area contributed by atoms with Gasteiger partial charge in [0.05, 0.1) is 24.3 Å². The van der Waals surface area contributed by atoms with Crippen molar-refractivity contribution in [3.63, 3.8) is 0 Å². The molecule has 1 N–H and O–H groups in total. The van der Waals surface area contributed by atoms with E-state index in [-0.39, 0.29) is 5.71 Å². The Labute approximate surface area is 138 Å². The van der Waals surface area contributed by atoms with Gasteiger partial charge in [-0.15, -0.1) is 0 Å². The predicted molar refractivity (Wildman–Crippen MR) is 88.2 cm³/mol. The van der Waals surface area contributed by atoms with Crippen LogP contribution in [0, 0.1) is 6.92 Å². The van der Waals surface area contributed by atoms with E-state index in [1.165, 1.54) is 7.11 Å². The molecule has 0 spiro atoms. The molecule has 2 aromatic rings. The Bertz CT molecular complexity index is 709. The van der Waals surface area contributed by atoms with Gasteiger partial charge in [-0.3, -0.25) is 0 Å². The lowest BCUT2D eigenvalue weighted by Gasteiger charge is -2.15. The Morgan fingerprint density at radius 3 is 2.09 bits per heavy atom. The van der Waals surface area contributed by atoms with E-state index in [0.29, 0.717) is 32.7 Å². The van der Waals surface area contributed by atoms with Crippen LogP contribution in [0.4, 0.5) is 0 Å². The van der Waals surface area contributed by atoms with E-state index >= 15 is 0 Å². The molecule has 0 aliphatic heterocycles. The fourth-order valence-corrected chi connectivity index (χ4v) is 2.77. The van der Waals surface area contributed by atoms with Crippen molar-refractivity contribution in [2.75, 3.05) is 14.2 Å². The normalized spacial score (nSPS) is 11.4. The highest BCUT2D eigenvalue weighted by molar-refractivity contribution is 6.41. The second-order valence-electron chi connectivity index (χ2n) is 4.57. The molecule has 0 unspecified atom stereocenters. The third-order valence-electron chi connectivity index (χ3n) is 3.29. The van der Waals surface area contributed by atoms with Crippen molar-refractivity contribution in [1.29, 1.82) is 0 Å². The lowest BCUT2D eigenvalue weighted by Crippen LogP contribution is -2.08. The van der Waals surface area contributed by atoms with Gasteiger partial charge < -0.3 is 14.7 Å². The first-order chi connectivity index (χ1) is 10.5. The van der Waals surface area contributed by atoms with Crippen molar-refractivity contribution in [3.8, 4) is 11.5 Å². The van der Waals surface area contributed by atoms with Gasteiger partial charge in [0.1, 0.15) is 5.71 Å². The number of halogens is 2. The summed E-state index contributed by atoms with van der Waals surface area (Å²) in [5, 5.41) is 13.7. The predicted octanol–water partition coefficient (Wildman–Crippen LogP) is 4.55. The van der Waals surface area contributed by atoms with Crippen LogP contribution in [0.15, 0.2) is 35.5 Å². The van der Waals surface area contributed by atoms with E-state index in [1.54, 1.807) is 37.4 Å². The lowest BCUT2D eigenvalue weighted by molar-refractivity contribution is 0.319. The maximum Gasteiger partial charge on any atom is 0.161 e. The Balaban J connectivity index is 2.68. The minimum atomic E-state index is 0.272. The van der Waals surface area contributed by atoms with Gasteiger partial charge >= 0.3 is 0 Å². The Morgan fingerprint density at radius 1 is 1.05 bits per heavy atom. The van der Waals surface area contributed by atoms with Crippen molar-refractivity contribution >= 4 is 28.9 Å². The highest BCUT2D eigenvalue weighted by Gasteiger charge is 2.19. The van der Waals surface area contributed by atoms with Crippen LogP contribution in [0.2, 0.25) is 10.0 Å². The summed E-state index contributed by atoms with van der Waals surface area (Å²) in [7, 11) is 3.10. The average molecular weight is 340 g/mol. The largest absolute Gasteiger partial charge is 0.493 e. The van der Waals surface area contributed by atoms with Gasteiger partial charge in [-0.1, -0.05) is 34.4 Å². The molecule has 0 radical (unpaired) electrons. The minimum absolute atomic E-state index is 0.272. The summed E-state index contributed by atoms with van der Waals surface area (Å²) in [5.74, 6) is 1.11. The van der Waals surface area contributed by atoms with E-state index in [2.05, 4.69) is 5.16 Å². The molecule has 0 aromatic heterocycles. The third-order valence-corrected chi connectivity index (χ3v) is 3.92. The molecule has 0 atom stereocenters. The number of methoxy groups -OCH3 is 2. The van der Waals surface area contributed by atoms with Gasteiger partial charge in [-0.25, -0.2) is 0 Å². The lowest BCUT2D eigenvalue weighted by atomic mass is 9.97. The number of aryl methyl sites for hydroxylation is 1. The summed E-state index contributed by atoms with van der Waals surface area (Å²) in [5.41, 5.74) is 2.22. The van der Waals surface area contributed by atoms with Gasteiger partial charge in [0.2, 0.25) is 0 Å². The summed E-state index contributed by atoms with van der Waals surface area (Å²) in [6, 6.07) is 8.62. The highest BCUT2D eigenvalue weighted by Crippen LogP contribution is 2.34. The van der Waals surface area contributed by atoms with Crippen molar-refractivity contribution in [2.24, 2.45) is 5.16 Å². The van der Waals surface area contributed by atoms with Gasteiger partial charge in [0, 0.05) is 11.1 Å². The topological polar surface area (TPSA) is 51.0 Å². The molecule has 0 bridgehead atoms. The number of hydrogen-bond acceptors (Lipinski definition) is 4. The summed E-state index contributed by atoms with van der Waals surface area (Å²) >= 11 is 12.4. The van der Waals surface area contributed by atoms with E-state index in [4.69, 9.17) is 32.7 Å². The number of nitrogens with zero attached hydrogens (tertiary/aromatic N) is 1. The number of ether oxygens (including phenoxy) is 2. The standard InChI is InChI=1S/C16H15Cl2NO3/c1-9-7-13(21-2)14(22-3)8-10(9)16(19-20)15-11(17)5-4-6-12(15)18/h4-8,20H,1-3H3. The molecule has 0 aliphatic carbocycles. The molecule has 6 heteroatoms. The average Bonchev–Trinajstić information content (AvgIpc) is 2.51. The zero-order valence-corrected chi connectivity index (χ0v) is 13.9. The molecule has 2 rings (SSSR count). The Hall–Kier alpha value is -1.91. The van der Waals surface area contributed by atoms with Crippen molar-refractivity contribution in [2.45, 2.75) is 6.92 Å². The highest BCUT2D eigenvalue weighted by atomic mass is 35.5. The fourth-order valence-electron chi connectivity index (χ4n) is 2.20. The number of benzene rings is 2. The zero-order chi connectivity index (χ0) is 16.3. The molecule has 0 aliphatic rings. The quantitative estimate of drug-likeness (QED) is 0.505. The molecule has 0 saturated carbocycles. The van der Waals surface area contributed by atoms with Crippen LogP contribution in [-0.2, 0) is 0 Å². The minimum Gasteiger partial charge on any atom is -0.493 e. The second-order valence-corrected chi connectivity index (χ2v) is 5.38.